The number of aliphatic hydroxyl groups is 1. The van der Waals surface area contributed by atoms with Gasteiger partial charge in [0.15, 0.2) is 0 Å². The van der Waals surface area contributed by atoms with E-state index in [0.29, 0.717) is 23.3 Å². The van der Waals surface area contributed by atoms with E-state index in [0.717, 1.165) is 12.0 Å². The number of phenols is 1. The predicted molar refractivity (Wildman–Crippen MR) is 107 cm³/mol. The maximum absolute atomic E-state index is 13.0. The zero-order valence-corrected chi connectivity index (χ0v) is 16.9. The number of esters is 2. The first kappa shape index (κ1) is 19.8. The molecule has 7 nitrogen and oxygen atoms in total. The molecule has 0 fully saturated rings. The SMILES string of the molecule is COC(=O)[C@]1(c2ccc3c(c2)CCC(C)(C)O3)OC(=O)C(O)=C1c1ccc(O)cc1. The lowest BCUT2D eigenvalue weighted by atomic mass is 9.81. The molecule has 156 valence electrons. The average Bonchev–Trinajstić information content (AvgIpc) is 2.99. The molecule has 2 aliphatic heterocycles. The molecule has 2 heterocycles. The van der Waals surface area contributed by atoms with Crippen LogP contribution < -0.4 is 4.74 Å². The first-order chi connectivity index (χ1) is 14.2. The van der Waals surface area contributed by atoms with Gasteiger partial charge in [-0.2, -0.15) is 0 Å². The van der Waals surface area contributed by atoms with Crippen LogP contribution in [0, 0.1) is 0 Å². The zero-order valence-electron chi connectivity index (χ0n) is 16.9. The molecule has 0 aliphatic carbocycles. The van der Waals surface area contributed by atoms with Crippen molar-refractivity contribution in [2.24, 2.45) is 0 Å². The maximum Gasteiger partial charge on any atom is 0.375 e. The molecular weight excluding hydrogens is 388 g/mol. The molecule has 0 unspecified atom stereocenters. The molecule has 0 spiro atoms. The average molecular weight is 410 g/mol. The number of aromatic hydroxyl groups is 1. The van der Waals surface area contributed by atoms with Gasteiger partial charge >= 0.3 is 11.9 Å². The number of carbonyl (C=O) groups excluding carboxylic acids is 2. The highest BCUT2D eigenvalue weighted by Crippen LogP contribution is 2.48. The number of hydrogen-bond acceptors (Lipinski definition) is 7. The van der Waals surface area contributed by atoms with Gasteiger partial charge in [0.2, 0.25) is 5.76 Å². The van der Waals surface area contributed by atoms with Crippen molar-refractivity contribution in [3.05, 3.63) is 64.9 Å². The molecule has 2 N–H and O–H groups in total. The van der Waals surface area contributed by atoms with E-state index >= 15 is 0 Å². The molecule has 0 radical (unpaired) electrons. The summed E-state index contributed by atoms with van der Waals surface area (Å²) in [6.07, 6.45) is 1.49. The first-order valence-corrected chi connectivity index (χ1v) is 9.55. The molecule has 7 heteroatoms. The van der Waals surface area contributed by atoms with Crippen LogP contribution in [0.4, 0.5) is 0 Å². The minimum atomic E-state index is -1.98. The zero-order chi connectivity index (χ0) is 21.7. The van der Waals surface area contributed by atoms with Crippen molar-refractivity contribution in [2.75, 3.05) is 7.11 Å². The number of methoxy groups -OCH3 is 1. The highest BCUT2D eigenvalue weighted by Gasteiger charge is 2.57. The number of cyclic esters (lactones) is 1. The lowest BCUT2D eigenvalue weighted by molar-refractivity contribution is -0.170. The Balaban J connectivity index is 1.92. The quantitative estimate of drug-likeness (QED) is 0.748. The van der Waals surface area contributed by atoms with Crippen molar-refractivity contribution in [1.82, 2.24) is 0 Å². The summed E-state index contributed by atoms with van der Waals surface area (Å²) in [5, 5.41) is 20.2. The Labute approximate surface area is 173 Å². The van der Waals surface area contributed by atoms with Gasteiger partial charge in [-0.25, -0.2) is 9.59 Å². The van der Waals surface area contributed by atoms with E-state index < -0.39 is 23.3 Å². The van der Waals surface area contributed by atoms with E-state index in [1.165, 1.54) is 31.4 Å². The van der Waals surface area contributed by atoms with Gasteiger partial charge in [0.1, 0.15) is 17.1 Å². The van der Waals surface area contributed by atoms with Gasteiger partial charge in [-0.15, -0.1) is 0 Å². The molecular formula is C23H22O7. The van der Waals surface area contributed by atoms with Gasteiger partial charge < -0.3 is 24.4 Å². The Morgan fingerprint density at radius 1 is 1.07 bits per heavy atom. The lowest BCUT2D eigenvalue weighted by Gasteiger charge is -2.34. The van der Waals surface area contributed by atoms with E-state index in [9.17, 15) is 19.8 Å². The van der Waals surface area contributed by atoms with Gasteiger partial charge in [0.25, 0.3) is 5.60 Å². The van der Waals surface area contributed by atoms with Gasteiger partial charge in [-0.3, -0.25) is 0 Å². The van der Waals surface area contributed by atoms with Crippen LogP contribution in [0.15, 0.2) is 48.2 Å². The molecule has 0 bridgehead atoms. The molecule has 2 aliphatic rings. The Morgan fingerprint density at radius 2 is 1.77 bits per heavy atom. The standard InChI is InChI=1S/C23H22O7/c1-22(2)11-10-14-12-15(6-9-17(14)29-22)23(21(27)28-3)18(19(25)20(26)30-23)13-4-7-16(24)8-5-13/h4-9,12,24-25H,10-11H2,1-3H3/t23-/m1/s1. The molecule has 30 heavy (non-hydrogen) atoms. The third kappa shape index (κ3) is 2.98. The second kappa shape index (κ2) is 6.79. The minimum Gasteiger partial charge on any atom is -0.508 e. The van der Waals surface area contributed by atoms with Gasteiger partial charge in [0.05, 0.1) is 12.7 Å². The smallest absolute Gasteiger partial charge is 0.375 e. The summed E-state index contributed by atoms with van der Waals surface area (Å²) in [6, 6.07) is 10.9. The van der Waals surface area contributed by atoms with Crippen LogP contribution in [-0.2, 0) is 31.1 Å². The Kier molecular flexibility index (Phi) is 4.49. The van der Waals surface area contributed by atoms with Crippen molar-refractivity contribution in [1.29, 1.82) is 0 Å². The summed E-state index contributed by atoms with van der Waals surface area (Å²) in [5.41, 5.74) is -0.758. The number of benzene rings is 2. The third-order valence-corrected chi connectivity index (χ3v) is 5.51. The molecule has 2 aromatic rings. The Bertz CT molecular complexity index is 1070. The summed E-state index contributed by atoms with van der Waals surface area (Å²) in [4.78, 5) is 25.4. The fraction of sp³-hybridized carbons (Fsp3) is 0.304. The predicted octanol–water partition coefficient (Wildman–Crippen LogP) is 3.39. The van der Waals surface area contributed by atoms with Crippen LogP contribution in [0.1, 0.15) is 37.0 Å². The van der Waals surface area contributed by atoms with Crippen molar-refractivity contribution in [3.8, 4) is 11.5 Å². The number of ether oxygens (including phenoxy) is 3. The van der Waals surface area contributed by atoms with Gasteiger partial charge in [-0.05, 0) is 62.1 Å². The summed E-state index contributed by atoms with van der Waals surface area (Å²) in [6.45, 7) is 4.00. The largest absolute Gasteiger partial charge is 0.508 e. The van der Waals surface area contributed by atoms with Gasteiger partial charge in [-0.1, -0.05) is 18.2 Å². The maximum atomic E-state index is 13.0. The van der Waals surface area contributed by atoms with Crippen molar-refractivity contribution in [3.63, 3.8) is 0 Å². The number of aryl methyl sites for hydroxylation is 1. The van der Waals surface area contributed by atoms with Crippen LogP contribution >= 0.6 is 0 Å². The molecule has 2 aromatic carbocycles. The topological polar surface area (TPSA) is 102 Å². The second-order valence-corrected chi connectivity index (χ2v) is 8.02. The van der Waals surface area contributed by atoms with E-state index in [-0.39, 0.29) is 16.9 Å². The monoisotopic (exact) mass is 410 g/mol. The van der Waals surface area contributed by atoms with E-state index in [1.54, 1.807) is 18.2 Å². The van der Waals surface area contributed by atoms with E-state index in [1.807, 2.05) is 13.8 Å². The molecule has 0 amide bonds. The molecule has 4 rings (SSSR count). The summed E-state index contributed by atoms with van der Waals surface area (Å²) >= 11 is 0. The molecule has 0 saturated heterocycles. The van der Waals surface area contributed by atoms with E-state index in [4.69, 9.17) is 14.2 Å². The summed E-state index contributed by atoms with van der Waals surface area (Å²) in [5.74, 6) is -1.86. The number of rotatable bonds is 3. The van der Waals surface area contributed by atoms with Crippen molar-refractivity contribution in [2.45, 2.75) is 37.9 Å². The highest BCUT2D eigenvalue weighted by molar-refractivity contribution is 6.11. The lowest BCUT2D eigenvalue weighted by Crippen LogP contribution is -2.39. The Hall–Kier alpha value is -3.48. The van der Waals surface area contributed by atoms with Crippen LogP contribution in [0.3, 0.4) is 0 Å². The van der Waals surface area contributed by atoms with Crippen molar-refractivity contribution < 1.29 is 34.0 Å². The van der Waals surface area contributed by atoms with E-state index in [2.05, 4.69) is 0 Å². The number of carbonyl (C=O) groups is 2. The normalized spacial score (nSPS) is 22.2. The highest BCUT2D eigenvalue weighted by atomic mass is 16.6. The van der Waals surface area contributed by atoms with Crippen LogP contribution in [-0.4, -0.2) is 34.9 Å². The number of phenolic OH excluding ortho intramolecular Hbond substituents is 1. The second-order valence-electron chi connectivity index (χ2n) is 8.02. The fourth-order valence-corrected chi connectivity index (χ4v) is 3.96. The van der Waals surface area contributed by atoms with Crippen LogP contribution in [0.25, 0.3) is 5.57 Å². The minimum absolute atomic E-state index is 0.00120. The number of aliphatic hydroxyl groups excluding tert-OH is 1. The van der Waals surface area contributed by atoms with Crippen molar-refractivity contribution >= 4 is 17.5 Å². The molecule has 0 saturated carbocycles. The van der Waals surface area contributed by atoms with Crippen LogP contribution in [0.2, 0.25) is 0 Å². The summed E-state index contributed by atoms with van der Waals surface area (Å²) < 4.78 is 16.5. The number of fused-ring (bicyclic) bond motifs is 1. The molecule has 0 aromatic heterocycles. The number of hydrogen-bond donors (Lipinski definition) is 2. The molecule has 1 atom stereocenters. The fourth-order valence-electron chi connectivity index (χ4n) is 3.96. The third-order valence-electron chi connectivity index (χ3n) is 5.51. The van der Waals surface area contributed by atoms with Crippen LogP contribution in [0.5, 0.6) is 11.5 Å². The van der Waals surface area contributed by atoms with Gasteiger partial charge in [0, 0.05) is 5.56 Å². The first-order valence-electron chi connectivity index (χ1n) is 9.55. The summed E-state index contributed by atoms with van der Waals surface area (Å²) in [7, 11) is 1.19. The Morgan fingerprint density at radius 3 is 2.43 bits per heavy atom.